The molecular formula is C34H35BrO5. The van der Waals surface area contributed by atoms with Crippen molar-refractivity contribution in [3.63, 3.8) is 0 Å². The number of benzene rings is 4. The van der Waals surface area contributed by atoms with E-state index in [0.29, 0.717) is 33.0 Å². The van der Waals surface area contributed by atoms with Crippen LogP contribution in [0.5, 0.6) is 0 Å². The topological polar surface area (TPSA) is 46.2 Å². The van der Waals surface area contributed by atoms with E-state index in [4.69, 9.17) is 23.7 Å². The number of rotatable bonds is 13. The Labute approximate surface area is 245 Å². The molecule has 4 aromatic carbocycles. The molecule has 6 heteroatoms. The van der Waals surface area contributed by atoms with Gasteiger partial charge in [0.05, 0.1) is 33.0 Å². The standard InChI is InChI=1S/C34H35BrO5/c35-34-33(39-24-29-19-11-4-12-20-29)32(38-23-28-17-9-3-10-18-28)31(37-22-27-15-7-2-8-16-27)30(40-34)25-36-21-26-13-5-1-6-14-26/h1-20,30-34H,21-25H2/t30-,31-,32+,33+,34+/m1/s1. The summed E-state index contributed by atoms with van der Waals surface area (Å²) >= 11 is 3.76. The summed E-state index contributed by atoms with van der Waals surface area (Å²) in [7, 11) is 0. The Balaban J connectivity index is 1.36. The van der Waals surface area contributed by atoms with Crippen LogP contribution in [0.15, 0.2) is 121 Å². The Morgan fingerprint density at radius 3 is 1.30 bits per heavy atom. The maximum atomic E-state index is 6.62. The number of hydrogen-bond acceptors (Lipinski definition) is 5. The van der Waals surface area contributed by atoms with Crippen LogP contribution in [-0.4, -0.2) is 36.0 Å². The predicted octanol–water partition coefficient (Wildman–Crippen LogP) is 7.08. The lowest BCUT2D eigenvalue weighted by molar-refractivity contribution is -0.253. The van der Waals surface area contributed by atoms with E-state index in [0.717, 1.165) is 22.3 Å². The highest BCUT2D eigenvalue weighted by molar-refractivity contribution is 9.09. The Kier molecular flexibility index (Phi) is 10.9. The van der Waals surface area contributed by atoms with Crippen LogP contribution >= 0.6 is 15.9 Å². The molecule has 0 N–H and O–H groups in total. The summed E-state index contributed by atoms with van der Waals surface area (Å²) in [5.74, 6) is 0. The van der Waals surface area contributed by atoms with Crippen LogP contribution in [0.1, 0.15) is 22.3 Å². The summed E-state index contributed by atoms with van der Waals surface area (Å²) in [5, 5.41) is -0.404. The first-order valence-corrected chi connectivity index (χ1v) is 14.6. The van der Waals surface area contributed by atoms with E-state index in [1.807, 2.05) is 72.8 Å². The molecule has 1 heterocycles. The van der Waals surface area contributed by atoms with Crippen molar-refractivity contribution in [3.05, 3.63) is 144 Å². The molecule has 208 valence electrons. The lowest BCUT2D eigenvalue weighted by Crippen LogP contribution is -2.59. The molecule has 0 spiro atoms. The van der Waals surface area contributed by atoms with Crippen molar-refractivity contribution in [1.29, 1.82) is 0 Å². The highest BCUT2D eigenvalue weighted by atomic mass is 79.9. The minimum absolute atomic E-state index is 0.354. The Morgan fingerprint density at radius 2 is 0.850 bits per heavy atom. The smallest absolute Gasteiger partial charge is 0.141 e. The van der Waals surface area contributed by atoms with E-state index in [1.165, 1.54) is 0 Å². The highest BCUT2D eigenvalue weighted by Gasteiger charge is 2.47. The lowest BCUT2D eigenvalue weighted by Gasteiger charge is -2.44. The molecule has 1 aliphatic rings. The fourth-order valence-corrected chi connectivity index (χ4v) is 5.46. The molecule has 5 rings (SSSR count). The zero-order chi connectivity index (χ0) is 27.4. The van der Waals surface area contributed by atoms with Crippen molar-refractivity contribution < 1.29 is 23.7 Å². The van der Waals surface area contributed by atoms with Gasteiger partial charge in [-0.05, 0) is 22.3 Å². The van der Waals surface area contributed by atoms with Gasteiger partial charge in [-0.3, -0.25) is 0 Å². The van der Waals surface area contributed by atoms with Crippen molar-refractivity contribution in [1.82, 2.24) is 0 Å². The molecule has 0 saturated carbocycles. The van der Waals surface area contributed by atoms with E-state index in [9.17, 15) is 0 Å². The van der Waals surface area contributed by atoms with Crippen LogP contribution < -0.4 is 0 Å². The zero-order valence-electron chi connectivity index (χ0n) is 22.4. The Hall–Kier alpha value is -2.84. The van der Waals surface area contributed by atoms with Crippen LogP contribution in [0.25, 0.3) is 0 Å². The van der Waals surface area contributed by atoms with Crippen molar-refractivity contribution in [2.24, 2.45) is 0 Å². The van der Waals surface area contributed by atoms with Crippen molar-refractivity contribution in [2.45, 2.75) is 55.9 Å². The largest absolute Gasteiger partial charge is 0.374 e. The van der Waals surface area contributed by atoms with Gasteiger partial charge in [0.2, 0.25) is 0 Å². The van der Waals surface area contributed by atoms with Gasteiger partial charge in [-0.1, -0.05) is 137 Å². The summed E-state index contributed by atoms with van der Waals surface area (Å²) < 4.78 is 32.3. The molecule has 0 unspecified atom stereocenters. The van der Waals surface area contributed by atoms with Crippen LogP contribution in [-0.2, 0) is 50.1 Å². The highest BCUT2D eigenvalue weighted by Crippen LogP contribution is 2.33. The van der Waals surface area contributed by atoms with Gasteiger partial charge in [0.25, 0.3) is 0 Å². The van der Waals surface area contributed by atoms with E-state index < -0.39 is 23.3 Å². The maximum absolute atomic E-state index is 6.62. The van der Waals surface area contributed by atoms with Gasteiger partial charge < -0.3 is 23.7 Å². The van der Waals surface area contributed by atoms with Gasteiger partial charge in [-0.15, -0.1) is 0 Å². The van der Waals surface area contributed by atoms with E-state index in [-0.39, 0.29) is 6.10 Å². The number of ether oxygens (including phenoxy) is 5. The molecular weight excluding hydrogens is 568 g/mol. The minimum atomic E-state index is -0.422. The van der Waals surface area contributed by atoms with Crippen molar-refractivity contribution in [2.75, 3.05) is 6.61 Å². The molecule has 5 atom stereocenters. The van der Waals surface area contributed by atoms with Gasteiger partial charge in [0, 0.05) is 0 Å². The summed E-state index contributed by atoms with van der Waals surface area (Å²) in [6.07, 6.45) is -1.60. The molecule has 4 aromatic rings. The number of halogens is 1. The molecule has 1 fully saturated rings. The van der Waals surface area contributed by atoms with Crippen molar-refractivity contribution in [3.8, 4) is 0 Å². The summed E-state index contributed by atoms with van der Waals surface area (Å²) in [6.45, 7) is 2.13. The van der Waals surface area contributed by atoms with Crippen LogP contribution in [0.4, 0.5) is 0 Å². The fraction of sp³-hybridized carbons (Fsp3) is 0.294. The van der Waals surface area contributed by atoms with E-state index in [1.54, 1.807) is 0 Å². The normalized spacial score (nSPS) is 22.7. The molecule has 40 heavy (non-hydrogen) atoms. The fourth-order valence-electron chi connectivity index (χ4n) is 4.73. The lowest BCUT2D eigenvalue weighted by atomic mass is 9.99. The van der Waals surface area contributed by atoms with E-state index >= 15 is 0 Å². The third-order valence-corrected chi connectivity index (χ3v) is 7.56. The van der Waals surface area contributed by atoms with Crippen LogP contribution in [0, 0.1) is 0 Å². The van der Waals surface area contributed by atoms with Gasteiger partial charge in [-0.25, -0.2) is 0 Å². The average molecular weight is 604 g/mol. The number of hydrogen-bond donors (Lipinski definition) is 0. The van der Waals surface area contributed by atoms with Crippen molar-refractivity contribution >= 4 is 15.9 Å². The minimum Gasteiger partial charge on any atom is -0.374 e. The summed E-state index contributed by atoms with van der Waals surface area (Å²) in [6, 6.07) is 40.6. The second-order valence-corrected chi connectivity index (χ2v) is 10.7. The third kappa shape index (κ3) is 8.33. The number of alkyl halides is 1. The molecule has 1 saturated heterocycles. The molecule has 0 amide bonds. The van der Waals surface area contributed by atoms with Gasteiger partial charge >= 0.3 is 0 Å². The van der Waals surface area contributed by atoms with Crippen LogP contribution in [0.2, 0.25) is 0 Å². The Bertz CT molecular complexity index is 1240. The predicted molar refractivity (Wildman–Crippen MR) is 159 cm³/mol. The quantitative estimate of drug-likeness (QED) is 0.153. The zero-order valence-corrected chi connectivity index (χ0v) is 24.0. The molecule has 0 radical (unpaired) electrons. The average Bonchev–Trinajstić information content (AvgIpc) is 3.01. The molecule has 0 bridgehead atoms. The SMILES string of the molecule is Br[C@H]1O[C@H](COCc2ccccc2)[C@@H](OCc2ccccc2)[C@H](OCc2ccccc2)[C@@H]1OCc1ccccc1. The molecule has 0 aliphatic carbocycles. The molecule has 1 aliphatic heterocycles. The first-order chi connectivity index (χ1) is 19.8. The van der Waals surface area contributed by atoms with Gasteiger partial charge in [0.15, 0.2) is 0 Å². The first kappa shape index (κ1) is 28.7. The molecule has 5 nitrogen and oxygen atoms in total. The van der Waals surface area contributed by atoms with Gasteiger partial charge in [-0.2, -0.15) is 0 Å². The second kappa shape index (κ2) is 15.2. The molecule has 0 aromatic heterocycles. The first-order valence-electron chi connectivity index (χ1n) is 13.6. The third-order valence-electron chi connectivity index (χ3n) is 6.83. The maximum Gasteiger partial charge on any atom is 0.141 e. The van der Waals surface area contributed by atoms with Gasteiger partial charge in [0.1, 0.15) is 29.4 Å². The monoisotopic (exact) mass is 602 g/mol. The Morgan fingerprint density at radius 1 is 0.475 bits per heavy atom. The van der Waals surface area contributed by atoms with E-state index in [2.05, 4.69) is 64.5 Å². The summed E-state index contributed by atoms with van der Waals surface area (Å²) in [5.41, 5.74) is 4.35. The second-order valence-electron chi connectivity index (χ2n) is 9.81. The summed E-state index contributed by atoms with van der Waals surface area (Å²) in [4.78, 5) is 0. The van der Waals surface area contributed by atoms with Crippen LogP contribution in [0.3, 0.4) is 0 Å².